The lowest BCUT2D eigenvalue weighted by Gasteiger charge is -2.07. The van der Waals surface area contributed by atoms with Crippen LogP contribution in [0.2, 0.25) is 0 Å². The van der Waals surface area contributed by atoms with Crippen LogP contribution in [0.25, 0.3) is 4.96 Å². The zero-order valence-corrected chi connectivity index (χ0v) is 18.1. The summed E-state index contributed by atoms with van der Waals surface area (Å²) in [6.07, 6.45) is 5.29. The third-order valence-corrected chi connectivity index (χ3v) is 6.62. The second-order valence-corrected chi connectivity index (χ2v) is 9.30. The van der Waals surface area contributed by atoms with Crippen molar-refractivity contribution in [1.29, 1.82) is 0 Å². The van der Waals surface area contributed by atoms with Gasteiger partial charge in [-0.3, -0.25) is 9.20 Å². The van der Waals surface area contributed by atoms with Crippen LogP contribution in [-0.2, 0) is 27.8 Å². The van der Waals surface area contributed by atoms with Gasteiger partial charge in [0.2, 0.25) is 15.9 Å². The van der Waals surface area contributed by atoms with Crippen molar-refractivity contribution in [3.05, 3.63) is 77.5 Å². The number of rotatable bonds is 8. The highest BCUT2D eigenvalue weighted by molar-refractivity contribution is 7.89. The van der Waals surface area contributed by atoms with Crippen LogP contribution in [0.1, 0.15) is 23.9 Å². The van der Waals surface area contributed by atoms with Crippen LogP contribution < -0.4 is 10.1 Å². The minimum absolute atomic E-state index is 0.0678. The molecule has 2 N–H and O–H groups in total. The van der Waals surface area contributed by atoms with Crippen LogP contribution in [0.3, 0.4) is 0 Å². The average molecular weight is 458 g/mol. The zero-order chi connectivity index (χ0) is 21.8. The van der Waals surface area contributed by atoms with Gasteiger partial charge in [0.15, 0.2) is 4.96 Å². The van der Waals surface area contributed by atoms with E-state index in [0.717, 1.165) is 4.96 Å². The number of nitrogens with one attached hydrogen (secondary N) is 2. The van der Waals surface area contributed by atoms with Gasteiger partial charge in [0.25, 0.3) is 0 Å². The van der Waals surface area contributed by atoms with Gasteiger partial charge in [-0.05, 0) is 36.8 Å². The highest BCUT2D eigenvalue weighted by Gasteiger charge is 2.15. The van der Waals surface area contributed by atoms with Crippen molar-refractivity contribution in [2.75, 3.05) is 0 Å². The number of thiazole rings is 1. The molecule has 0 aliphatic rings. The molecule has 160 valence electrons. The fourth-order valence-corrected chi connectivity index (χ4v) is 4.53. The number of benzene rings is 1. The van der Waals surface area contributed by atoms with Gasteiger partial charge < -0.3 is 4.42 Å². The Labute approximate surface area is 182 Å². The van der Waals surface area contributed by atoms with Crippen LogP contribution >= 0.6 is 11.3 Å². The first-order chi connectivity index (χ1) is 14.9. The van der Waals surface area contributed by atoms with E-state index < -0.39 is 10.0 Å². The van der Waals surface area contributed by atoms with E-state index in [1.807, 2.05) is 16.0 Å². The number of carbonyl (C=O) groups excluding carboxylic acids is 1. The van der Waals surface area contributed by atoms with Gasteiger partial charge in [-0.1, -0.05) is 12.1 Å². The molecule has 11 heteroatoms. The van der Waals surface area contributed by atoms with Gasteiger partial charge >= 0.3 is 0 Å². The van der Waals surface area contributed by atoms with Gasteiger partial charge in [-0.15, -0.1) is 11.3 Å². The number of nitrogens with zero attached hydrogens (tertiary/aromatic N) is 3. The molecule has 0 aliphatic heterocycles. The van der Waals surface area contributed by atoms with Crippen LogP contribution in [0, 0.1) is 0 Å². The number of hydrogen-bond acceptors (Lipinski definition) is 7. The number of amides is 1. The average Bonchev–Trinajstić information content (AvgIpc) is 3.49. The second kappa shape index (κ2) is 8.84. The molecule has 0 bridgehead atoms. The molecule has 1 aromatic carbocycles. The molecule has 0 fully saturated rings. The molecule has 4 aromatic rings. The number of hydrazone groups is 1. The lowest BCUT2D eigenvalue weighted by atomic mass is 10.1. The number of carbonyl (C=O) groups is 1. The zero-order valence-electron chi connectivity index (χ0n) is 16.5. The predicted octanol–water partition coefficient (Wildman–Crippen LogP) is 2.55. The molecular weight excluding hydrogens is 438 g/mol. The molecule has 0 atom stereocenters. The number of hydrogen-bond donors (Lipinski definition) is 2. The Morgan fingerprint density at radius 3 is 2.77 bits per heavy atom. The minimum Gasteiger partial charge on any atom is -0.468 e. The number of furan rings is 1. The summed E-state index contributed by atoms with van der Waals surface area (Å²) in [5.74, 6) is 0.237. The van der Waals surface area contributed by atoms with Crippen molar-refractivity contribution in [3.8, 4) is 0 Å². The summed E-state index contributed by atoms with van der Waals surface area (Å²) in [5, 5.41) is 6.02. The summed E-state index contributed by atoms with van der Waals surface area (Å²) >= 11 is 1.50. The molecule has 9 nitrogen and oxygen atoms in total. The van der Waals surface area contributed by atoms with Crippen molar-refractivity contribution in [3.63, 3.8) is 0 Å². The van der Waals surface area contributed by atoms with E-state index in [-0.39, 0.29) is 23.8 Å². The summed E-state index contributed by atoms with van der Waals surface area (Å²) in [7, 11) is -3.67. The van der Waals surface area contributed by atoms with Gasteiger partial charge in [0.1, 0.15) is 5.76 Å². The van der Waals surface area contributed by atoms with E-state index >= 15 is 0 Å². The molecule has 0 radical (unpaired) electrons. The summed E-state index contributed by atoms with van der Waals surface area (Å²) in [5.41, 5.74) is 4.41. The first kappa shape index (κ1) is 21.0. The van der Waals surface area contributed by atoms with E-state index in [2.05, 4.69) is 20.2 Å². The third-order valence-electron chi connectivity index (χ3n) is 4.43. The topological polar surface area (TPSA) is 118 Å². The van der Waals surface area contributed by atoms with Crippen molar-refractivity contribution in [2.45, 2.75) is 24.8 Å². The van der Waals surface area contributed by atoms with Gasteiger partial charge in [-0.25, -0.2) is 23.5 Å². The molecule has 0 saturated heterocycles. The molecule has 31 heavy (non-hydrogen) atoms. The van der Waals surface area contributed by atoms with E-state index in [0.29, 0.717) is 22.7 Å². The fourth-order valence-electron chi connectivity index (χ4n) is 2.81. The monoisotopic (exact) mass is 457 g/mol. The summed E-state index contributed by atoms with van der Waals surface area (Å²) in [6, 6.07) is 9.62. The Balaban J connectivity index is 1.35. The molecule has 0 spiro atoms. The maximum Gasteiger partial charge on any atom is 0.246 e. The van der Waals surface area contributed by atoms with Gasteiger partial charge in [-0.2, -0.15) is 5.10 Å². The van der Waals surface area contributed by atoms with E-state index in [1.165, 1.54) is 29.7 Å². The molecule has 3 aromatic heterocycles. The Morgan fingerprint density at radius 1 is 1.26 bits per heavy atom. The standard InChI is InChI=1S/C20H19N5O4S2/c1-14(23-24-19(26)11-16-13-25-8-10-30-20(25)22-16)15-4-6-18(7-5-15)31(27,28)21-12-17-3-2-9-29-17/h2-10,13,21H,11-12H2,1H3,(H,24,26). The van der Waals surface area contributed by atoms with Crippen molar-refractivity contribution < 1.29 is 17.6 Å². The van der Waals surface area contributed by atoms with Gasteiger partial charge in [0.05, 0.1) is 35.5 Å². The molecule has 1 amide bonds. The Bertz CT molecular complexity index is 1290. The lowest BCUT2D eigenvalue weighted by Crippen LogP contribution is -2.23. The number of aromatic nitrogens is 2. The number of fused-ring (bicyclic) bond motifs is 1. The third kappa shape index (κ3) is 5.08. The van der Waals surface area contributed by atoms with Crippen molar-refractivity contribution >= 4 is 37.9 Å². The maximum atomic E-state index is 12.4. The highest BCUT2D eigenvalue weighted by Crippen LogP contribution is 2.13. The lowest BCUT2D eigenvalue weighted by molar-refractivity contribution is -0.120. The molecule has 0 aliphatic carbocycles. The first-order valence-corrected chi connectivity index (χ1v) is 11.6. The molecule has 0 saturated carbocycles. The quantitative estimate of drug-likeness (QED) is 0.311. The van der Waals surface area contributed by atoms with E-state index in [9.17, 15) is 13.2 Å². The maximum absolute atomic E-state index is 12.4. The van der Waals surface area contributed by atoms with Crippen LogP contribution in [-0.4, -0.2) is 29.4 Å². The van der Waals surface area contributed by atoms with E-state index in [4.69, 9.17) is 4.42 Å². The van der Waals surface area contributed by atoms with Crippen LogP contribution in [0.5, 0.6) is 0 Å². The fraction of sp³-hybridized carbons (Fsp3) is 0.150. The molecule has 4 rings (SSSR count). The van der Waals surface area contributed by atoms with Gasteiger partial charge in [0, 0.05) is 17.8 Å². The van der Waals surface area contributed by atoms with Crippen molar-refractivity contribution in [2.24, 2.45) is 5.10 Å². The van der Waals surface area contributed by atoms with Crippen LogP contribution in [0.15, 0.2) is 74.8 Å². The van der Waals surface area contributed by atoms with E-state index in [1.54, 1.807) is 37.4 Å². The first-order valence-electron chi connectivity index (χ1n) is 9.27. The Hall–Kier alpha value is -3.28. The Morgan fingerprint density at radius 2 is 2.06 bits per heavy atom. The highest BCUT2D eigenvalue weighted by atomic mass is 32.2. The second-order valence-electron chi connectivity index (χ2n) is 6.66. The molecule has 3 heterocycles. The van der Waals surface area contributed by atoms with Crippen molar-refractivity contribution in [1.82, 2.24) is 19.5 Å². The summed E-state index contributed by atoms with van der Waals surface area (Å²) in [4.78, 5) is 17.5. The molecule has 0 unspecified atom stereocenters. The Kier molecular flexibility index (Phi) is 5.98. The number of sulfonamides is 1. The minimum atomic E-state index is -3.67. The summed E-state index contributed by atoms with van der Waals surface area (Å²) < 4.78 is 34.3. The normalized spacial score (nSPS) is 12.4. The van der Waals surface area contributed by atoms with Crippen LogP contribution in [0.4, 0.5) is 0 Å². The summed E-state index contributed by atoms with van der Waals surface area (Å²) in [6.45, 7) is 1.80. The number of imidazole rings is 1. The SMILES string of the molecule is CC(=NNC(=O)Cc1cn2ccsc2n1)c1ccc(S(=O)(=O)NCc2ccco2)cc1. The molecular formula is C20H19N5O4S2. The predicted molar refractivity (Wildman–Crippen MR) is 116 cm³/mol. The largest absolute Gasteiger partial charge is 0.468 e. The smallest absolute Gasteiger partial charge is 0.246 e.